The third-order valence-electron chi connectivity index (χ3n) is 12.3. The van der Waals surface area contributed by atoms with E-state index >= 15 is 0 Å². The van der Waals surface area contributed by atoms with Crippen LogP contribution >= 0.6 is 0 Å². The fourth-order valence-electron chi connectivity index (χ4n) is 8.22. The minimum atomic E-state index is -0.759. The fraction of sp³-hybridized carbons (Fsp3) is 0.944. The van der Waals surface area contributed by atoms with Gasteiger partial charge in [-0.2, -0.15) is 0 Å². The van der Waals surface area contributed by atoms with Crippen LogP contribution in [-0.2, 0) is 28.6 Å². The van der Waals surface area contributed by atoms with E-state index in [2.05, 4.69) is 27.7 Å². The highest BCUT2D eigenvalue weighted by Gasteiger charge is 2.19. The van der Waals surface area contributed by atoms with Gasteiger partial charge in [-0.15, -0.1) is 0 Å². The summed E-state index contributed by atoms with van der Waals surface area (Å²) in [7, 11) is 0. The molecule has 0 aromatic heterocycles. The maximum absolute atomic E-state index is 12.8. The number of carbonyl (C=O) groups is 3. The predicted octanol–water partition coefficient (Wildman–Crippen LogP) is 17.5. The van der Waals surface area contributed by atoms with Gasteiger partial charge in [0.15, 0.2) is 6.10 Å². The van der Waals surface area contributed by atoms with Gasteiger partial charge < -0.3 is 14.2 Å². The van der Waals surface area contributed by atoms with E-state index < -0.39 is 6.10 Å². The molecule has 0 aliphatic rings. The van der Waals surface area contributed by atoms with E-state index in [1.54, 1.807) is 0 Å². The second kappa shape index (κ2) is 48.4. The standard InChI is InChI=1S/C54H104O6/c1-5-7-9-11-13-14-15-16-17-21-25-28-31-35-39-43-47-54(57)60-51(48-58-52(55)45-41-37-32-12-10-8-6-2)49-59-53(56)46-42-38-34-30-27-24-22-19-18-20-23-26-29-33-36-40-44-50(3)4/h50-51H,5-49H2,1-4H3/t51-/m0/s1. The number of hydrogen-bond acceptors (Lipinski definition) is 6. The van der Waals surface area contributed by atoms with E-state index in [1.165, 1.54) is 199 Å². The van der Waals surface area contributed by atoms with Gasteiger partial charge in [-0.05, 0) is 25.2 Å². The van der Waals surface area contributed by atoms with E-state index in [-0.39, 0.29) is 31.1 Å². The Morgan fingerprint density at radius 2 is 0.550 bits per heavy atom. The number of unbranched alkanes of at least 4 members (excludes halogenated alkanes) is 36. The highest BCUT2D eigenvalue weighted by Crippen LogP contribution is 2.17. The van der Waals surface area contributed by atoms with Crippen molar-refractivity contribution in [2.75, 3.05) is 13.2 Å². The number of ether oxygens (including phenoxy) is 3. The molecule has 0 aliphatic carbocycles. The van der Waals surface area contributed by atoms with Gasteiger partial charge in [-0.3, -0.25) is 14.4 Å². The molecule has 0 amide bonds. The summed E-state index contributed by atoms with van der Waals surface area (Å²) in [4.78, 5) is 37.8. The highest BCUT2D eigenvalue weighted by molar-refractivity contribution is 5.71. The molecule has 0 rings (SSSR count). The lowest BCUT2D eigenvalue weighted by molar-refractivity contribution is -0.167. The Morgan fingerprint density at radius 3 is 0.817 bits per heavy atom. The number of hydrogen-bond donors (Lipinski definition) is 0. The molecular formula is C54H104O6. The lowest BCUT2D eigenvalue weighted by atomic mass is 10.0. The second-order valence-electron chi connectivity index (χ2n) is 19.0. The summed E-state index contributed by atoms with van der Waals surface area (Å²) in [6.07, 6.45) is 51.1. The number of carbonyl (C=O) groups excluding carboxylic acids is 3. The van der Waals surface area contributed by atoms with Crippen LogP contribution in [0.25, 0.3) is 0 Å². The Labute approximate surface area is 374 Å². The van der Waals surface area contributed by atoms with Crippen molar-refractivity contribution in [3.63, 3.8) is 0 Å². The van der Waals surface area contributed by atoms with E-state index in [0.717, 1.165) is 63.7 Å². The maximum atomic E-state index is 12.8. The van der Waals surface area contributed by atoms with E-state index in [9.17, 15) is 14.4 Å². The zero-order chi connectivity index (χ0) is 43.8. The van der Waals surface area contributed by atoms with Crippen LogP contribution in [0.3, 0.4) is 0 Å². The van der Waals surface area contributed by atoms with Crippen molar-refractivity contribution in [3.8, 4) is 0 Å². The molecule has 0 bridgehead atoms. The van der Waals surface area contributed by atoms with Gasteiger partial charge in [0.05, 0.1) is 0 Å². The van der Waals surface area contributed by atoms with Crippen LogP contribution in [0.4, 0.5) is 0 Å². The van der Waals surface area contributed by atoms with Gasteiger partial charge >= 0.3 is 17.9 Å². The summed E-state index contributed by atoms with van der Waals surface area (Å²) in [5.41, 5.74) is 0. The zero-order valence-electron chi connectivity index (χ0n) is 40.9. The zero-order valence-corrected chi connectivity index (χ0v) is 40.9. The van der Waals surface area contributed by atoms with Crippen molar-refractivity contribution in [1.82, 2.24) is 0 Å². The van der Waals surface area contributed by atoms with Crippen LogP contribution in [0, 0.1) is 5.92 Å². The average molecular weight is 849 g/mol. The van der Waals surface area contributed by atoms with Crippen LogP contribution in [-0.4, -0.2) is 37.2 Å². The summed E-state index contributed by atoms with van der Waals surface area (Å²) >= 11 is 0. The Hall–Kier alpha value is -1.59. The first-order valence-corrected chi connectivity index (χ1v) is 26.9. The molecular weight excluding hydrogens is 745 g/mol. The molecule has 1 atom stereocenters. The topological polar surface area (TPSA) is 78.9 Å². The minimum absolute atomic E-state index is 0.0628. The van der Waals surface area contributed by atoms with Gasteiger partial charge in [-0.25, -0.2) is 0 Å². The van der Waals surface area contributed by atoms with Gasteiger partial charge in [0.25, 0.3) is 0 Å². The predicted molar refractivity (Wildman–Crippen MR) is 257 cm³/mol. The van der Waals surface area contributed by atoms with E-state index in [1.807, 2.05) is 0 Å². The van der Waals surface area contributed by atoms with Gasteiger partial charge in [0.2, 0.25) is 0 Å². The quantitative estimate of drug-likeness (QED) is 0.0345. The normalized spacial score (nSPS) is 11.9. The Morgan fingerprint density at radius 1 is 0.317 bits per heavy atom. The van der Waals surface area contributed by atoms with Crippen molar-refractivity contribution >= 4 is 17.9 Å². The fourth-order valence-corrected chi connectivity index (χ4v) is 8.22. The van der Waals surface area contributed by atoms with Crippen molar-refractivity contribution in [2.24, 2.45) is 5.92 Å². The van der Waals surface area contributed by atoms with E-state index in [4.69, 9.17) is 14.2 Å². The van der Waals surface area contributed by atoms with Crippen LogP contribution in [0.15, 0.2) is 0 Å². The van der Waals surface area contributed by atoms with Crippen molar-refractivity contribution in [2.45, 2.75) is 310 Å². The van der Waals surface area contributed by atoms with Crippen molar-refractivity contribution in [1.29, 1.82) is 0 Å². The van der Waals surface area contributed by atoms with Crippen LogP contribution in [0.2, 0.25) is 0 Å². The molecule has 0 aromatic rings. The van der Waals surface area contributed by atoms with Crippen LogP contribution in [0.5, 0.6) is 0 Å². The average Bonchev–Trinajstić information content (AvgIpc) is 3.23. The second-order valence-corrected chi connectivity index (χ2v) is 19.0. The summed E-state index contributed by atoms with van der Waals surface area (Å²) in [6, 6.07) is 0. The summed E-state index contributed by atoms with van der Waals surface area (Å²) in [5, 5.41) is 0. The molecule has 0 aliphatic heterocycles. The minimum Gasteiger partial charge on any atom is -0.462 e. The van der Waals surface area contributed by atoms with Crippen molar-refractivity contribution < 1.29 is 28.6 Å². The van der Waals surface area contributed by atoms with E-state index in [0.29, 0.717) is 19.3 Å². The third kappa shape index (κ3) is 47.5. The molecule has 356 valence electrons. The molecule has 0 spiro atoms. The largest absolute Gasteiger partial charge is 0.462 e. The molecule has 6 heteroatoms. The smallest absolute Gasteiger partial charge is 0.306 e. The van der Waals surface area contributed by atoms with Gasteiger partial charge in [-0.1, -0.05) is 265 Å². The van der Waals surface area contributed by atoms with Crippen LogP contribution < -0.4 is 0 Å². The number of rotatable bonds is 49. The Kier molecular flexibility index (Phi) is 47.2. The lowest BCUT2D eigenvalue weighted by Crippen LogP contribution is -2.30. The molecule has 0 fully saturated rings. The summed E-state index contributed by atoms with van der Waals surface area (Å²) in [5.74, 6) is 0.00474. The molecule has 0 aromatic carbocycles. The molecule has 60 heavy (non-hydrogen) atoms. The molecule has 0 saturated heterocycles. The molecule has 0 radical (unpaired) electrons. The maximum Gasteiger partial charge on any atom is 0.306 e. The molecule has 0 unspecified atom stereocenters. The van der Waals surface area contributed by atoms with Crippen LogP contribution in [0.1, 0.15) is 304 Å². The first kappa shape index (κ1) is 58.4. The van der Waals surface area contributed by atoms with Gasteiger partial charge in [0.1, 0.15) is 13.2 Å². The lowest BCUT2D eigenvalue weighted by Gasteiger charge is -2.18. The summed E-state index contributed by atoms with van der Waals surface area (Å²) in [6.45, 7) is 9.01. The molecule has 0 heterocycles. The molecule has 6 nitrogen and oxygen atoms in total. The van der Waals surface area contributed by atoms with Gasteiger partial charge in [0, 0.05) is 19.3 Å². The molecule has 0 saturated carbocycles. The first-order chi connectivity index (χ1) is 29.4. The summed E-state index contributed by atoms with van der Waals surface area (Å²) < 4.78 is 16.8. The number of esters is 3. The molecule has 0 N–H and O–H groups in total. The first-order valence-electron chi connectivity index (χ1n) is 26.9. The third-order valence-corrected chi connectivity index (χ3v) is 12.3. The highest BCUT2D eigenvalue weighted by atomic mass is 16.6. The SMILES string of the molecule is CCCCCCCCCCCCCCCCCCC(=O)O[C@@H](COC(=O)CCCCCCCCC)COC(=O)CCCCCCCCCCCCCCCCCCC(C)C. The Balaban J connectivity index is 4.16. The monoisotopic (exact) mass is 849 g/mol. The Bertz CT molecular complexity index is 903. The van der Waals surface area contributed by atoms with Crippen molar-refractivity contribution in [3.05, 3.63) is 0 Å².